The first-order valence-electron chi connectivity index (χ1n) is 6.77. The van der Waals surface area contributed by atoms with Crippen molar-refractivity contribution in [2.24, 2.45) is 20.7 Å². The Hall–Kier alpha value is -2.01. The molecular weight excluding hydrogens is 366 g/mol. The fourth-order valence-electron chi connectivity index (χ4n) is 2.48. The van der Waals surface area contributed by atoms with Crippen molar-refractivity contribution >= 4 is 34.4 Å². The molecule has 5 N–H and O–H groups in total. The van der Waals surface area contributed by atoms with Gasteiger partial charge in [0.2, 0.25) is 5.96 Å². The van der Waals surface area contributed by atoms with E-state index in [4.69, 9.17) is 20.1 Å². The first kappa shape index (κ1) is 17.8. The van der Waals surface area contributed by atoms with Crippen LogP contribution in [0.1, 0.15) is 6.42 Å². The molecule has 3 heterocycles. The van der Waals surface area contributed by atoms with Crippen LogP contribution in [0.5, 0.6) is 0 Å². The number of ether oxygens (including phenoxy) is 1. The van der Waals surface area contributed by atoms with E-state index >= 15 is 0 Å². The second-order valence-electron chi connectivity index (χ2n) is 5.20. The number of carbonyl (C=O) groups is 1. The Morgan fingerprint density at radius 1 is 1.48 bits per heavy atom. The number of fused-ring (bicyclic) bond motifs is 1. The van der Waals surface area contributed by atoms with Gasteiger partial charge in [-0.05, 0) is 0 Å². The van der Waals surface area contributed by atoms with Crippen molar-refractivity contribution in [2.75, 3.05) is 6.61 Å². The van der Waals surface area contributed by atoms with Gasteiger partial charge in [-0.25, -0.2) is 4.99 Å². The van der Waals surface area contributed by atoms with Crippen molar-refractivity contribution in [2.45, 2.75) is 30.6 Å². The topological polar surface area (TPSA) is 206 Å². The zero-order chi connectivity index (χ0) is 18.4. The summed E-state index contributed by atoms with van der Waals surface area (Å²) < 4.78 is 39.3. The van der Waals surface area contributed by atoms with Crippen LogP contribution in [0.2, 0.25) is 0 Å². The second kappa shape index (κ2) is 6.06. The minimum absolute atomic E-state index is 0.0107. The van der Waals surface area contributed by atoms with E-state index in [1.165, 1.54) is 0 Å². The summed E-state index contributed by atoms with van der Waals surface area (Å²) in [7, 11) is -5.07. The molecule has 1 saturated heterocycles. The second-order valence-corrected chi connectivity index (χ2v) is 6.19. The average molecular weight is 379 g/mol. The van der Waals surface area contributed by atoms with Gasteiger partial charge in [-0.1, -0.05) is 4.33 Å². The molecule has 0 aliphatic carbocycles. The first-order chi connectivity index (χ1) is 11.7. The summed E-state index contributed by atoms with van der Waals surface area (Å²) in [5.74, 6) is -1.96. The number of guanidine groups is 1. The maximum Gasteiger partial charge on any atom is 0.424 e. The molecule has 138 valence electrons. The molecule has 3 aliphatic rings. The SMILES string of the molecule is NC1=NC(=O)C2(OOS(=O)(=O)O)N=CN([C@H]3C[C@H](O)[C@@H](CO)O3)C2=N1. The maximum absolute atomic E-state index is 12.2. The summed E-state index contributed by atoms with van der Waals surface area (Å²) in [6.07, 6.45) is -1.76. The molecule has 0 aromatic rings. The molecule has 3 rings (SSSR count). The highest BCUT2D eigenvalue weighted by molar-refractivity contribution is 7.80. The number of amidine groups is 1. The summed E-state index contributed by atoms with van der Waals surface area (Å²) in [4.78, 5) is 28.6. The molecule has 14 nitrogen and oxygen atoms in total. The number of aliphatic hydroxyl groups is 2. The van der Waals surface area contributed by atoms with E-state index in [2.05, 4.69) is 24.2 Å². The molecule has 1 unspecified atom stereocenters. The number of carbonyl (C=O) groups excluding carboxylic acids is 1. The van der Waals surface area contributed by atoms with Gasteiger partial charge in [-0.3, -0.25) is 14.2 Å². The molecular formula is C10H13N5O9S. The van der Waals surface area contributed by atoms with Gasteiger partial charge in [0.15, 0.2) is 5.84 Å². The van der Waals surface area contributed by atoms with Crippen molar-refractivity contribution in [3.63, 3.8) is 0 Å². The molecule has 0 aromatic heterocycles. The van der Waals surface area contributed by atoms with Crippen molar-refractivity contribution in [1.29, 1.82) is 0 Å². The average Bonchev–Trinajstić information content (AvgIpc) is 3.06. The van der Waals surface area contributed by atoms with Gasteiger partial charge in [0.05, 0.1) is 19.0 Å². The van der Waals surface area contributed by atoms with Crippen molar-refractivity contribution in [3.8, 4) is 0 Å². The van der Waals surface area contributed by atoms with Gasteiger partial charge in [0.25, 0.3) is 0 Å². The number of amides is 1. The monoisotopic (exact) mass is 379 g/mol. The molecule has 4 atom stereocenters. The Kier molecular flexibility index (Phi) is 4.31. The van der Waals surface area contributed by atoms with Crippen LogP contribution in [0.3, 0.4) is 0 Å². The third-order valence-corrected chi connectivity index (χ3v) is 3.81. The molecule has 15 heteroatoms. The quantitative estimate of drug-likeness (QED) is 0.209. The van der Waals surface area contributed by atoms with Crippen LogP contribution in [0.25, 0.3) is 0 Å². The molecule has 25 heavy (non-hydrogen) atoms. The lowest BCUT2D eigenvalue weighted by Crippen LogP contribution is -2.54. The number of hydrogen-bond acceptors (Lipinski definition) is 12. The Bertz CT molecular complexity index is 780. The van der Waals surface area contributed by atoms with Crippen LogP contribution in [0, 0.1) is 0 Å². The molecule has 0 radical (unpaired) electrons. The van der Waals surface area contributed by atoms with Gasteiger partial charge in [-0.2, -0.15) is 23.3 Å². The van der Waals surface area contributed by atoms with Gasteiger partial charge < -0.3 is 20.7 Å². The van der Waals surface area contributed by atoms with E-state index in [0.29, 0.717) is 0 Å². The Labute approximate surface area is 140 Å². The first-order valence-corrected chi connectivity index (χ1v) is 8.13. The van der Waals surface area contributed by atoms with Gasteiger partial charge in [0, 0.05) is 6.42 Å². The van der Waals surface area contributed by atoms with Crippen LogP contribution in [0.15, 0.2) is 15.0 Å². The number of nitrogens with zero attached hydrogens (tertiary/aromatic N) is 4. The fraction of sp³-hybridized carbons (Fsp3) is 0.600. The molecule has 0 spiro atoms. The zero-order valence-electron chi connectivity index (χ0n) is 12.3. The summed E-state index contributed by atoms with van der Waals surface area (Å²) in [6.45, 7) is -0.453. The fourth-order valence-corrected chi connectivity index (χ4v) is 2.66. The third kappa shape index (κ3) is 3.13. The van der Waals surface area contributed by atoms with Gasteiger partial charge in [-0.15, -0.1) is 0 Å². The number of hydrogen-bond donors (Lipinski definition) is 4. The lowest BCUT2D eigenvalue weighted by Gasteiger charge is -2.29. The highest BCUT2D eigenvalue weighted by atomic mass is 32.3. The van der Waals surface area contributed by atoms with Crippen LogP contribution in [-0.2, 0) is 29.2 Å². The molecule has 1 amide bonds. The van der Waals surface area contributed by atoms with Gasteiger partial charge in [0.1, 0.15) is 12.3 Å². The zero-order valence-corrected chi connectivity index (χ0v) is 13.1. The van der Waals surface area contributed by atoms with E-state index < -0.39 is 53.0 Å². The summed E-state index contributed by atoms with van der Waals surface area (Å²) >= 11 is 0. The highest BCUT2D eigenvalue weighted by Gasteiger charge is 2.57. The molecule has 1 fully saturated rings. The lowest BCUT2D eigenvalue weighted by atomic mass is 10.1. The summed E-state index contributed by atoms with van der Waals surface area (Å²) in [6, 6.07) is 0. The smallest absolute Gasteiger partial charge is 0.394 e. The number of rotatable bonds is 5. The van der Waals surface area contributed by atoms with Crippen molar-refractivity contribution < 1.29 is 41.9 Å². The van der Waals surface area contributed by atoms with E-state index in [1.807, 2.05) is 0 Å². The molecule has 0 saturated carbocycles. The van der Waals surface area contributed by atoms with Crippen LogP contribution in [0.4, 0.5) is 0 Å². The third-order valence-electron chi connectivity index (χ3n) is 3.57. The van der Waals surface area contributed by atoms with Crippen molar-refractivity contribution in [1.82, 2.24) is 4.90 Å². The van der Waals surface area contributed by atoms with Crippen LogP contribution in [-0.4, -0.2) is 82.9 Å². The highest BCUT2D eigenvalue weighted by Crippen LogP contribution is 2.33. The molecule has 0 aromatic carbocycles. The largest absolute Gasteiger partial charge is 0.424 e. The maximum atomic E-state index is 12.2. The predicted molar refractivity (Wildman–Crippen MR) is 77.2 cm³/mol. The Balaban J connectivity index is 1.91. The number of nitrogens with two attached hydrogens (primary N) is 1. The predicted octanol–water partition coefficient (Wildman–Crippen LogP) is -3.50. The summed E-state index contributed by atoms with van der Waals surface area (Å²) in [5.41, 5.74) is 2.97. The van der Waals surface area contributed by atoms with E-state index in [-0.39, 0.29) is 12.3 Å². The summed E-state index contributed by atoms with van der Waals surface area (Å²) in [5, 5.41) is 19.0. The van der Waals surface area contributed by atoms with Crippen molar-refractivity contribution in [3.05, 3.63) is 0 Å². The molecule has 0 bridgehead atoms. The minimum atomic E-state index is -5.07. The molecule has 3 aliphatic heterocycles. The van der Waals surface area contributed by atoms with E-state index in [9.17, 15) is 18.3 Å². The minimum Gasteiger partial charge on any atom is -0.394 e. The van der Waals surface area contributed by atoms with E-state index in [1.54, 1.807) is 0 Å². The Morgan fingerprint density at radius 2 is 2.20 bits per heavy atom. The Morgan fingerprint density at radius 3 is 2.80 bits per heavy atom. The standard InChI is InChI=1S/C10H13N5O9S/c11-9-13-7-10(8(18)14-9,23-24-25(19,20)21)12-3-15(7)6-1-4(17)5(2-16)22-6/h3-6,16-17H,1-2H2,(H2,11,14,18)(H,19,20,21)/t4-,5+,6+,10?/m0/s1. The van der Waals surface area contributed by atoms with E-state index in [0.717, 1.165) is 11.2 Å². The number of aliphatic hydroxyl groups excluding tert-OH is 2. The van der Waals surface area contributed by atoms with Crippen LogP contribution < -0.4 is 5.73 Å². The number of aliphatic imine (C=N–C) groups is 3. The lowest BCUT2D eigenvalue weighted by molar-refractivity contribution is -0.258. The normalized spacial score (nSPS) is 34.9. The van der Waals surface area contributed by atoms with Gasteiger partial charge >= 0.3 is 22.0 Å². The van der Waals surface area contributed by atoms with Crippen LogP contribution >= 0.6 is 0 Å².